The Morgan fingerprint density at radius 2 is 1.85 bits per heavy atom. The number of carbonyl (C=O) groups excluding carboxylic acids is 2. The van der Waals surface area contributed by atoms with Gasteiger partial charge in [-0.1, -0.05) is 36.4 Å². The number of anilines is 1. The first-order valence-corrected chi connectivity index (χ1v) is 8.40. The van der Waals surface area contributed by atoms with Gasteiger partial charge in [0.15, 0.2) is 11.2 Å². The molecule has 0 spiro atoms. The predicted molar refractivity (Wildman–Crippen MR) is 103 cm³/mol. The molecule has 2 aromatic rings. The van der Waals surface area contributed by atoms with Crippen molar-refractivity contribution in [3.05, 3.63) is 60.2 Å². The highest BCUT2D eigenvalue weighted by Gasteiger charge is 2.16. The lowest BCUT2D eigenvalue weighted by Gasteiger charge is -2.14. The van der Waals surface area contributed by atoms with Gasteiger partial charge in [-0.2, -0.15) is 0 Å². The summed E-state index contributed by atoms with van der Waals surface area (Å²) >= 11 is 5.11. The van der Waals surface area contributed by atoms with E-state index in [1.807, 2.05) is 42.5 Å². The summed E-state index contributed by atoms with van der Waals surface area (Å²) < 4.78 is 10.5. The van der Waals surface area contributed by atoms with Crippen LogP contribution in [0.4, 0.5) is 5.69 Å². The number of hydrogen-bond acceptors (Lipinski definition) is 5. The van der Waals surface area contributed by atoms with Crippen LogP contribution in [0.3, 0.4) is 0 Å². The summed E-state index contributed by atoms with van der Waals surface area (Å²) in [4.78, 5) is 22.7. The van der Waals surface area contributed by atoms with Crippen molar-refractivity contribution in [2.45, 2.75) is 26.6 Å². The zero-order chi connectivity index (χ0) is 18.9. The van der Waals surface area contributed by atoms with E-state index in [4.69, 9.17) is 21.7 Å². The van der Waals surface area contributed by atoms with Crippen LogP contribution < -0.4 is 15.4 Å². The van der Waals surface area contributed by atoms with Gasteiger partial charge in [0, 0.05) is 18.7 Å². The second-order valence-electron chi connectivity index (χ2n) is 5.50. The Morgan fingerprint density at radius 3 is 2.54 bits per heavy atom. The van der Waals surface area contributed by atoms with Crippen molar-refractivity contribution in [1.29, 1.82) is 0 Å². The molecule has 0 unspecified atom stereocenters. The minimum Gasteiger partial charge on any atom is -0.489 e. The number of esters is 1. The molecule has 0 fully saturated rings. The summed E-state index contributed by atoms with van der Waals surface area (Å²) in [5.74, 6) is -0.370. The number of hydrogen-bond donors (Lipinski definition) is 2. The minimum absolute atomic E-state index is 0.106. The van der Waals surface area contributed by atoms with Crippen LogP contribution in [0.1, 0.15) is 19.4 Å². The molecule has 1 amide bonds. The molecule has 0 heterocycles. The molecule has 7 heteroatoms. The summed E-state index contributed by atoms with van der Waals surface area (Å²) in [6.45, 7) is 3.16. The maximum absolute atomic E-state index is 11.9. The SMILES string of the molecule is CC(=O)O[C@@H](C)C(=O)NC(=S)Nc1cccc(OCc2ccccc2)c1. The average Bonchev–Trinajstić information content (AvgIpc) is 2.60. The normalized spacial score (nSPS) is 11.2. The molecule has 0 saturated carbocycles. The summed E-state index contributed by atoms with van der Waals surface area (Å²) in [6.07, 6.45) is -0.923. The number of carbonyl (C=O) groups is 2. The molecule has 2 aromatic carbocycles. The van der Waals surface area contributed by atoms with Crippen LogP contribution in [0.15, 0.2) is 54.6 Å². The Labute approximate surface area is 157 Å². The Kier molecular flexibility index (Phi) is 7.11. The molecule has 2 N–H and O–H groups in total. The van der Waals surface area contributed by atoms with E-state index in [0.717, 1.165) is 5.56 Å². The van der Waals surface area contributed by atoms with Crippen LogP contribution in [-0.4, -0.2) is 23.1 Å². The summed E-state index contributed by atoms with van der Waals surface area (Å²) in [5.41, 5.74) is 1.73. The van der Waals surface area contributed by atoms with E-state index in [-0.39, 0.29) is 5.11 Å². The highest BCUT2D eigenvalue weighted by atomic mass is 32.1. The molecule has 0 aliphatic carbocycles. The lowest BCUT2D eigenvalue weighted by atomic mass is 10.2. The molecule has 0 aliphatic rings. The van der Waals surface area contributed by atoms with Gasteiger partial charge >= 0.3 is 5.97 Å². The quantitative estimate of drug-likeness (QED) is 0.600. The van der Waals surface area contributed by atoms with E-state index in [9.17, 15) is 9.59 Å². The first-order chi connectivity index (χ1) is 12.4. The van der Waals surface area contributed by atoms with Gasteiger partial charge in [-0.3, -0.25) is 14.9 Å². The predicted octanol–water partition coefficient (Wildman–Crippen LogP) is 3.03. The molecule has 0 aromatic heterocycles. The van der Waals surface area contributed by atoms with Crippen molar-refractivity contribution in [3.8, 4) is 5.75 Å². The Hall–Kier alpha value is -2.93. The lowest BCUT2D eigenvalue weighted by Crippen LogP contribution is -2.41. The van der Waals surface area contributed by atoms with Crippen molar-refractivity contribution in [3.63, 3.8) is 0 Å². The fourth-order valence-corrected chi connectivity index (χ4v) is 2.30. The first-order valence-electron chi connectivity index (χ1n) is 8.00. The lowest BCUT2D eigenvalue weighted by molar-refractivity contribution is -0.152. The molecule has 6 nitrogen and oxygen atoms in total. The molecular weight excluding hydrogens is 352 g/mol. The maximum Gasteiger partial charge on any atom is 0.303 e. The second-order valence-corrected chi connectivity index (χ2v) is 5.91. The van der Waals surface area contributed by atoms with Gasteiger partial charge in [-0.15, -0.1) is 0 Å². The third-order valence-corrected chi connectivity index (χ3v) is 3.49. The van der Waals surface area contributed by atoms with Crippen LogP contribution in [-0.2, 0) is 20.9 Å². The summed E-state index contributed by atoms with van der Waals surface area (Å²) in [6, 6.07) is 17.0. The van der Waals surface area contributed by atoms with Crippen molar-refractivity contribution in [1.82, 2.24) is 5.32 Å². The number of thiocarbonyl (C=S) groups is 1. The Bertz CT molecular complexity index is 780. The fourth-order valence-electron chi connectivity index (χ4n) is 2.08. The molecule has 0 bridgehead atoms. The van der Waals surface area contributed by atoms with Gasteiger partial charge in [0.1, 0.15) is 12.4 Å². The maximum atomic E-state index is 11.9. The number of benzene rings is 2. The van der Waals surface area contributed by atoms with E-state index in [0.29, 0.717) is 18.0 Å². The Balaban J connectivity index is 1.88. The fraction of sp³-hybridized carbons (Fsp3) is 0.211. The molecule has 1 atom stereocenters. The average molecular weight is 372 g/mol. The molecule has 2 rings (SSSR count). The number of amides is 1. The van der Waals surface area contributed by atoms with Crippen LogP contribution in [0.5, 0.6) is 5.75 Å². The van der Waals surface area contributed by atoms with Gasteiger partial charge < -0.3 is 14.8 Å². The van der Waals surface area contributed by atoms with Crippen molar-refractivity contribution < 1.29 is 19.1 Å². The monoisotopic (exact) mass is 372 g/mol. The highest BCUT2D eigenvalue weighted by molar-refractivity contribution is 7.80. The largest absolute Gasteiger partial charge is 0.489 e. The van der Waals surface area contributed by atoms with Crippen LogP contribution in [0.25, 0.3) is 0 Å². The third-order valence-electron chi connectivity index (χ3n) is 3.29. The van der Waals surface area contributed by atoms with Crippen LogP contribution in [0.2, 0.25) is 0 Å². The molecule has 0 radical (unpaired) electrons. The van der Waals surface area contributed by atoms with Crippen molar-refractivity contribution >= 4 is 34.9 Å². The summed E-state index contributed by atoms with van der Waals surface area (Å²) in [5, 5.41) is 5.48. The zero-order valence-corrected chi connectivity index (χ0v) is 15.3. The van der Waals surface area contributed by atoms with Crippen LogP contribution >= 0.6 is 12.2 Å². The number of nitrogens with one attached hydrogen (secondary N) is 2. The summed E-state index contributed by atoms with van der Waals surface area (Å²) in [7, 11) is 0. The van der Waals surface area contributed by atoms with E-state index >= 15 is 0 Å². The minimum atomic E-state index is -0.923. The van der Waals surface area contributed by atoms with Gasteiger partial charge in [0.05, 0.1) is 0 Å². The number of ether oxygens (including phenoxy) is 2. The van der Waals surface area contributed by atoms with Crippen molar-refractivity contribution in [2.24, 2.45) is 0 Å². The van der Waals surface area contributed by atoms with Gasteiger partial charge in [0.2, 0.25) is 0 Å². The smallest absolute Gasteiger partial charge is 0.303 e. The van der Waals surface area contributed by atoms with Gasteiger partial charge in [0.25, 0.3) is 5.91 Å². The van der Waals surface area contributed by atoms with Gasteiger partial charge in [-0.25, -0.2) is 0 Å². The van der Waals surface area contributed by atoms with Crippen LogP contribution in [0, 0.1) is 0 Å². The van der Waals surface area contributed by atoms with Gasteiger partial charge in [-0.05, 0) is 36.8 Å². The van der Waals surface area contributed by atoms with E-state index in [2.05, 4.69) is 10.6 Å². The molecule has 0 aliphatic heterocycles. The number of rotatable bonds is 6. The highest BCUT2D eigenvalue weighted by Crippen LogP contribution is 2.18. The molecular formula is C19H20N2O4S. The van der Waals surface area contributed by atoms with E-state index in [1.54, 1.807) is 12.1 Å². The Morgan fingerprint density at radius 1 is 1.12 bits per heavy atom. The molecule has 136 valence electrons. The topological polar surface area (TPSA) is 76.7 Å². The molecule has 26 heavy (non-hydrogen) atoms. The molecule has 0 saturated heterocycles. The zero-order valence-electron chi connectivity index (χ0n) is 14.5. The second kappa shape index (κ2) is 9.53. The first kappa shape index (κ1) is 19.4. The van der Waals surface area contributed by atoms with Crippen molar-refractivity contribution in [2.75, 3.05) is 5.32 Å². The van der Waals surface area contributed by atoms with E-state index in [1.165, 1.54) is 13.8 Å². The van der Waals surface area contributed by atoms with E-state index < -0.39 is 18.0 Å². The third kappa shape index (κ3) is 6.52. The standard InChI is InChI=1S/C19H20N2O4S/c1-13(25-14(2)22)18(23)21-19(26)20-16-9-6-10-17(11-16)24-12-15-7-4-3-5-8-15/h3-11,13H,12H2,1-2H3,(H2,20,21,23,26)/t13-/m0/s1.